The van der Waals surface area contributed by atoms with Crippen molar-refractivity contribution in [2.75, 3.05) is 11.1 Å². The molecule has 0 aliphatic rings. The van der Waals surface area contributed by atoms with Crippen molar-refractivity contribution >= 4 is 28.9 Å². The van der Waals surface area contributed by atoms with E-state index in [4.69, 9.17) is 17.3 Å². The van der Waals surface area contributed by atoms with Gasteiger partial charge in [0.25, 0.3) is 0 Å². The van der Waals surface area contributed by atoms with Crippen LogP contribution in [0.1, 0.15) is 19.4 Å². The zero-order valence-electron chi connectivity index (χ0n) is 11.5. The summed E-state index contributed by atoms with van der Waals surface area (Å²) in [5, 5.41) is 3.25. The second kappa shape index (κ2) is 5.55. The first-order chi connectivity index (χ1) is 9.43. The highest BCUT2D eigenvalue weighted by Crippen LogP contribution is 2.31. The largest absolute Gasteiger partial charge is 0.397 e. The Bertz CT molecular complexity index is 603. The number of halogens is 1. The molecule has 0 saturated carbocycles. The summed E-state index contributed by atoms with van der Waals surface area (Å²) in [5.41, 5.74) is 7.03. The van der Waals surface area contributed by atoms with Gasteiger partial charge in [-0.2, -0.15) is 0 Å². The molecule has 0 atom stereocenters. The third-order valence-corrected chi connectivity index (χ3v) is 3.66. The van der Waals surface area contributed by atoms with E-state index in [-0.39, 0.29) is 5.91 Å². The summed E-state index contributed by atoms with van der Waals surface area (Å²) in [7, 11) is 0. The molecule has 0 aliphatic heterocycles. The van der Waals surface area contributed by atoms with Crippen molar-refractivity contribution in [2.24, 2.45) is 0 Å². The van der Waals surface area contributed by atoms with E-state index in [0.29, 0.717) is 16.4 Å². The lowest BCUT2D eigenvalue weighted by atomic mass is 9.83. The molecule has 0 heterocycles. The van der Waals surface area contributed by atoms with E-state index in [0.717, 1.165) is 5.56 Å². The van der Waals surface area contributed by atoms with Crippen molar-refractivity contribution in [1.82, 2.24) is 0 Å². The molecule has 0 aliphatic carbocycles. The summed E-state index contributed by atoms with van der Waals surface area (Å²) in [6.45, 7) is 3.73. The summed E-state index contributed by atoms with van der Waals surface area (Å²) in [4.78, 5) is 12.5. The normalized spacial score (nSPS) is 11.2. The van der Waals surface area contributed by atoms with Gasteiger partial charge in [0.2, 0.25) is 5.91 Å². The van der Waals surface area contributed by atoms with Gasteiger partial charge >= 0.3 is 0 Å². The zero-order chi connectivity index (χ0) is 14.8. The van der Waals surface area contributed by atoms with Gasteiger partial charge in [0, 0.05) is 0 Å². The van der Waals surface area contributed by atoms with Crippen LogP contribution in [0.5, 0.6) is 0 Å². The molecule has 2 aromatic rings. The van der Waals surface area contributed by atoms with E-state index in [1.54, 1.807) is 18.2 Å². The Balaban J connectivity index is 2.28. The lowest BCUT2D eigenvalue weighted by Gasteiger charge is -2.24. The van der Waals surface area contributed by atoms with E-state index in [9.17, 15) is 4.79 Å². The minimum absolute atomic E-state index is 0.150. The monoisotopic (exact) mass is 288 g/mol. The summed E-state index contributed by atoms with van der Waals surface area (Å²) in [6, 6.07) is 14.7. The van der Waals surface area contributed by atoms with Crippen LogP contribution in [0, 0.1) is 0 Å². The number of nitrogen functional groups attached to an aromatic ring is 1. The Labute approximate surface area is 123 Å². The molecule has 0 radical (unpaired) electrons. The zero-order valence-corrected chi connectivity index (χ0v) is 12.2. The van der Waals surface area contributed by atoms with Crippen molar-refractivity contribution < 1.29 is 4.79 Å². The topological polar surface area (TPSA) is 55.1 Å². The Morgan fingerprint density at radius 2 is 1.75 bits per heavy atom. The first-order valence-electron chi connectivity index (χ1n) is 6.34. The fraction of sp³-hybridized carbons (Fsp3) is 0.188. The molecule has 104 valence electrons. The highest BCUT2D eigenvalue weighted by molar-refractivity contribution is 6.34. The van der Waals surface area contributed by atoms with E-state index in [1.165, 1.54) is 0 Å². The van der Waals surface area contributed by atoms with Crippen LogP contribution < -0.4 is 11.1 Å². The maximum Gasteiger partial charge on any atom is 0.234 e. The van der Waals surface area contributed by atoms with Gasteiger partial charge in [-0.3, -0.25) is 4.79 Å². The van der Waals surface area contributed by atoms with Crippen LogP contribution in [0.4, 0.5) is 11.4 Å². The molecule has 0 aromatic heterocycles. The average Bonchev–Trinajstić information content (AvgIpc) is 2.43. The predicted molar refractivity (Wildman–Crippen MR) is 84.0 cm³/mol. The molecule has 3 N–H and O–H groups in total. The van der Waals surface area contributed by atoms with E-state index in [2.05, 4.69) is 5.32 Å². The molecule has 4 heteroatoms. The molecular weight excluding hydrogens is 272 g/mol. The molecule has 0 spiro atoms. The van der Waals surface area contributed by atoms with Crippen LogP contribution >= 0.6 is 11.6 Å². The lowest BCUT2D eigenvalue weighted by Crippen LogP contribution is -2.35. The van der Waals surface area contributed by atoms with Gasteiger partial charge in [-0.15, -0.1) is 0 Å². The highest BCUT2D eigenvalue weighted by Gasteiger charge is 2.30. The number of rotatable bonds is 3. The third-order valence-electron chi connectivity index (χ3n) is 3.35. The van der Waals surface area contributed by atoms with Gasteiger partial charge in [0.1, 0.15) is 0 Å². The van der Waals surface area contributed by atoms with Gasteiger partial charge in [-0.05, 0) is 31.5 Å². The molecule has 0 unspecified atom stereocenters. The van der Waals surface area contributed by atoms with Crippen LogP contribution in [-0.2, 0) is 10.2 Å². The highest BCUT2D eigenvalue weighted by atomic mass is 35.5. The number of hydrogen-bond donors (Lipinski definition) is 2. The van der Waals surface area contributed by atoms with Crippen molar-refractivity contribution in [3.05, 3.63) is 59.1 Å². The van der Waals surface area contributed by atoms with Crippen molar-refractivity contribution in [1.29, 1.82) is 0 Å². The van der Waals surface area contributed by atoms with Crippen molar-refractivity contribution in [3.8, 4) is 0 Å². The SMILES string of the molecule is CC(C)(C(=O)Nc1c(N)cccc1Cl)c1ccccc1. The maximum atomic E-state index is 12.5. The summed E-state index contributed by atoms with van der Waals surface area (Å²) >= 11 is 6.07. The van der Waals surface area contributed by atoms with E-state index >= 15 is 0 Å². The quantitative estimate of drug-likeness (QED) is 0.843. The van der Waals surface area contributed by atoms with Gasteiger partial charge in [-0.1, -0.05) is 48.0 Å². The number of hydrogen-bond acceptors (Lipinski definition) is 2. The van der Waals surface area contributed by atoms with Gasteiger partial charge in [0.15, 0.2) is 0 Å². The molecule has 0 bridgehead atoms. The van der Waals surface area contributed by atoms with Crippen LogP contribution in [0.2, 0.25) is 5.02 Å². The second-order valence-corrected chi connectivity index (χ2v) is 5.56. The van der Waals surface area contributed by atoms with Gasteiger partial charge in [0.05, 0.1) is 21.8 Å². The number of anilines is 2. The number of benzene rings is 2. The number of carbonyl (C=O) groups excluding carboxylic acids is 1. The van der Waals surface area contributed by atoms with E-state index in [1.807, 2.05) is 44.2 Å². The minimum atomic E-state index is -0.674. The maximum absolute atomic E-state index is 12.5. The smallest absolute Gasteiger partial charge is 0.234 e. The Morgan fingerprint density at radius 1 is 1.10 bits per heavy atom. The molecule has 2 rings (SSSR count). The molecule has 1 amide bonds. The lowest BCUT2D eigenvalue weighted by molar-refractivity contribution is -0.120. The summed E-state index contributed by atoms with van der Waals surface area (Å²) < 4.78 is 0. The molecule has 0 saturated heterocycles. The molecule has 2 aromatic carbocycles. The van der Waals surface area contributed by atoms with Gasteiger partial charge < -0.3 is 11.1 Å². The summed E-state index contributed by atoms with van der Waals surface area (Å²) in [5.74, 6) is -0.150. The van der Waals surface area contributed by atoms with Crippen LogP contribution in [-0.4, -0.2) is 5.91 Å². The Hall–Kier alpha value is -2.00. The van der Waals surface area contributed by atoms with E-state index < -0.39 is 5.41 Å². The fourth-order valence-electron chi connectivity index (χ4n) is 1.93. The van der Waals surface area contributed by atoms with Gasteiger partial charge in [-0.25, -0.2) is 0 Å². The number of carbonyl (C=O) groups is 1. The van der Waals surface area contributed by atoms with Crippen LogP contribution in [0.3, 0.4) is 0 Å². The fourth-order valence-corrected chi connectivity index (χ4v) is 2.16. The minimum Gasteiger partial charge on any atom is -0.397 e. The number of nitrogens with two attached hydrogens (primary N) is 1. The average molecular weight is 289 g/mol. The van der Waals surface area contributed by atoms with Crippen molar-refractivity contribution in [2.45, 2.75) is 19.3 Å². The number of nitrogens with one attached hydrogen (secondary N) is 1. The standard InChI is InChI=1S/C16H17ClN2O/c1-16(2,11-7-4-3-5-8-11)15(20)19-14-12(17)9-6-10-13(14)18/h3-10H,18H2,1-2H3,(H,19,20). The van der Waals surface area contributed by atoms with Crippen molar-refractivity contribution in [3.63, 3.8) is 0 Å². The molecule has 20 heavy (non-hydrogen) atoms. The number of amides is 1. The first-order valence-corrected chi connectivity index (χ1v) is 6.71. The van der Waals surface area contributed by atoms with Crippen LogP contribution in [0.25, 0.3) is 0 Å². The molecule has 3 nitrogen and oxygen atoms in total. The third kappa shape index (κ3) is 2.78. The second-order valence-electron chi connectivity index (χ2n) is 5.15. The first kappa shape index (κ1) is 14.4. The number of para-hydroxylation sites is 1. The molecular formula is C16H17ClN2O. The summed E-state index contributed by atoms with van der Waals surface area (Å²) in [6.07, 6.45) is 0. The Kier molecular flexibility index (Phi) is 4.00. The predicted octanol–water partition coefficient (Wildman–Crippen LogP) is 3.84. The molecule has 0 fully saturated rings. The Morgan fingerprint density at radius 3 is 2.35 bits per heavy atom. The van der Waals surface area contributed by atoms with Crippen LogP contribution in [0.15, 0.2) is 48.5 Å².